The van der Waals surface area contributed by atoms with Crippen molar-refractivity contribution >= 4 is 32.1 Å². The third-order valence-electron chi connectivity index (χ3n) is 8.71. The van der Waals surface area contributed by atoms with Crippen LogP contribution in [0.4, 0.5) is 9.59 Å². The predicted octanol–water partition coefficient (Wildman–Crippen LogP) is 7.06. The first-order valence-corrected chi connectivity index (χ1v) is 22.6. The molecule has 0 aromatic rings. The molecule has 0 fully saturated rings. The van der Waals surface area contributed by atoms with Crippen LogP contribution in [0.1, 0.15) is 182 Å². The summed E-state index contributed by atoms with van der Waals surface area (Å²) in [6.07, 6.45) is 20.4. The molecule has 0 saturated carbocycles. The fourth-order valence-electron chi connectivity index (χ4n) is 5.60. The number of ether oxygens (including phenoxy) is 6. The second-order valence-electron chi connectivity index (χ2n) is 13.8. The van der Waals surface area contributed by atoms with Gasteiger partial charge in [0.05, 0.1) is 26.4 Å². The summed E-state index contributed by atoms with van der Waals surface area (Å²) >= 11 is 0. The molecule has 0 spiro atoms. The molecule has 0 rings (SSSR count). The number of hydrogen-bond acceptors (Lipinski definition) is 14. The van der Waals surface area contributed by atoms with Crippen molar-refractivity contribution in [3.8, 4) is 0 Å². The zero-order valence-corrected chi connectivity index (χ0v) is 38.4. The Morgan fingerprint density at radius 1 is 0.446 bits per heavy atom. The fraction of sp³-hybridized carbons (Fsp3) is 0.900. The van der Waals surface area contributed by atoms with Gasteiger partial charge in [0.25, 0.3) is 7.82 Å². The average molecular weight is 833 g/mol. The summed E-state index contributed by atoms with van der Waals surface area (Å²) in [6, 6.07) is 0. The Kier molecular flexibility index (Phi) is 40.9. The molecule has 0 saturated heterocycles. The average Bonchev–Trinajstić information content (AvgIpc) is 3.15. The predicted molar refractivity (Wildman–Crippen MR) is 207 cm³/mol. The number of rotatable bonds is 38. The van der Waals surface area contributed by atoms with E-state index in [9.17, 15) is 28.6 Å². The smallest absolute Gasteiger partial charge is 0.756 e. The van der Waals surface area contributed by atoms with Crippen LogP contribution in [0.5, 0.6) is 0 Å². The molecule has 16 heteroatoms. The van der Waals surface area contributed by atoms with Crippen LogP contribution in [0.3, 0.4) is 0 Å². The van der Waals surface area contributed by atoms with Crippen molar-refractivity contribution in [2.75, 3.05) is 39.6 Å². The topological polar surface area (TPSA) is 182 Å². The zero-order chi connectivity index (χ0) is 40.8. The van der Waals surface area contributed by atoms with Crippen molar-refractivity contribution < 1.29 is 95.7 Å². The second-order valence-corrected chi connectivity index (χ2v) is 15.2. The first-order valence-electron chi connectivity index (χ1n) is 21.1. The number of carbonyl (C=O) groups excluding carboxylic acids is 4. The van der Waals surface area contributed by atoms with Crippen LogP contribution < -0.4 is 34.5 Å². The molecular weight excluding hydrogens is 758 g/mol. The Morgan fingerprint density at radius 3 is 1.23 bits per heavy atom. The Balaban J connectivity index is 0. The quantitative estimate of drug-likeness (QED) is 0.0203. The molecule has 0 amide bonds. The van der Waals surface area contributed by atoms with Gasteiger partial charge in [-0.3, -0.25) is 14.2 Å². The van der Waals surface area contributed by atoms with Crippen LogP contribution >= 0.6 is 7.82 Å². The van der Waals surface area contributed by atoms with Crippen molar-refractivity contribution in [1.82, 2.24) is 0 Å². The molecule has 3 atom stereocenters. The Bertz CT molecular complexity index is 1020. The molecule has 0 aliphatic rings. The standard InChI is InChI=1S/C40H75O14P.Na/c1-5-9-11-13-15-17-19-21-23-25-27-29-37(41)49-31-35(53-38(42)30-28-26-24-22-20-18-16-14-12-10-6-2)33-51-55(45,46)52-34-36(54-40(44)48-8-4)32-50-39(43)47-7-3;/h35-36H,5-34H2,1-4H3,(H,45,46);/q;+1/p-1/t35-,36?;/m1./s1. The largest absolute Gasteiger partial charge is 1.00 e. The van der Waals surface area contributed by atoms with Crippen LogP contribution in [-0.4, -0.2) is 76.1 Å². The van der Waals surface area contributed by atoms with E-state index in [4.69, 9.17) is 32.7 Å². The van der Waals surface area contributed by atoms with Gasteiger partial charge in [0, 0.05) is 12.8 Å². The summed E-state index contributed by atoms with van der Waals surface area (Å²) in [6.45, 7) is 5.08. The van der Waals surface area contributed by atoms with Gasteiger partial charge in [-0.1, -0.05) is 142 Å². The molecule has 0 aromatic heterocycles. The van der Waals surface area contributed by atoms with Gasteiger partial charge in [-0.2, -0.15) is 0 Å². The van der Waals surface area contributed by atoms with E-state index in [-0.39, 0.29) is 55.6 Å². The number of phosphoric acid groups is 1. The molecule has 2 unspecified atom stereocenters. The minimum Gasteiger partial charge on any atom is -0.756 e. The summed E-state index contributed by atoms with van der Waals surface area (Å²) < 4.78 is 52.5. The normalized spacial score (nSPS) is 13.1. The zero-order valence-electron chi connectivity index (χ0n) is 35.5. The monoisotopic (exact) mass is 832 g/mol. The molecule has 0 bridgehead atoms. The van der Waals surface area contributed by atoms with Crippen molar-refractivity contribution in [3.63, 3.8) is 0 Å². The third kappa shape index (κ3) is 38.1. The maximum atomic E-state index is 12.7. The van der Waals surface area contributed by atoms with Gasteiger partial charge in [-0.25, -0.2) is 9.59 Å². The molecule has 56 heavy (non-hydrogen) atoms. The van der Waals surface area contributed by atoms with Gasteiger partial charge in [0.1, 0.15) is 13.2 Å². The van der Waals surface area contributed by atoms with E-state index in [0.29, 0.717) is 12.8 Å². The van der Waals surface area contributed by atoms with Crippen molar-refractivity contribution in [2.45, 2.75) is 194 Å². The van der Waals surface area contributed by atoms with Crippen molar-refractivity contribution in [1.29, 1.82) is 0 Å². The SMILES string of the molecule is CCCCCCCCCCCCCC(=O)OC[C@H](COP(=O)([O-])OCC(COC(=O)OCC)OC(=O)OCC)OC(=O)CCCCCCCCCCCCC.[Na+]. The van der Waals surface area contributed by atoms with E-state index in [1.807, 2.05) is 0 Å². The summed E-state index contributed by atoms with van der Waals surface area (Å²) in [5, 5.41) is 0. The van der Waals surface area contributed by atoms with Gasteiger partial charge >= 0.3 is 53.8 Å². The van der Waals surface area contributed by atoms with E-state index < -0.39 is 70.7 Å². The Morgan fingerprint density at radius 2 is 0.804 bits per heavy atom. The fourth-order valence-corrected chi connectivity index (χ4v) is 6.37. The van der Waals surface area contributed by atoms with Gasteiger partial charge in [0.15, 0.2) is 12.2 Å². The number of phosphoric ester groups is 1. The molecule has 0 radical (unpaired) electrons. The molecular formula is C40H74NaO14P. The molecule has 0 aliphatic heterocycles. The Hall–Kier alpha value is -1.41. The maximum absolute atomic E-state index is 12.7. The summed E-state index contributed by atoms with van der Waals surface area (Å²) in [5.74, 6) is -1.05. The molecule has 0 N–H and O–H groups in total. The molecule has 0 aromatic carbocycles. The van der Waals surface area contributed by atoms with Crippen LogP contribution in [-0.2, 0) is 51.6 Å². The van der Waals surface area contributed by atoms with Crippen molar-refractivity contribution in [2.24, 2.45) is 0 Å². The molecule has 0 heterocycles. The maximum Gasteiger partial charge on any atom is 1.00 e. The number of esters is 2. The molecule has 14 nitrogen and oxygen atoms in total. The van der Waals surface area contributed by atoms with Gasteiger partial charge in [-0.15, -0.1) is 0 Å². The summed E-state index contributed by atoms with van der Waals surface area (Å²) in [7, 11) is -5.08. The second kappa shape index (κ2) is 40.4. The molecule has 0 aliphatic carbocycles. The van der Waals surface area contributed by atoms with Gasteiger partial charge in [0.2, 0.25) is 0 Å². The van der Waals surface area contributed by atoms with Crippen LogP contribution in [0.25, 0.3) is 0 Å². The van der Waals surface area contributed by atoms with Gasteiger partial charge in [-0.05, 0) is 26.7 Å². The van der Waals surface area contributed by atoms with Crippen molar-refractivity contribution in [3.05, 3.63) is 0 Å². The number of carbonyl (C=O) groups is 4. The summed E-state index contributed by atoms with van der Waals surface area (Å²) in [5.41, 5.74) is 0. The molecule has 324 valence electrons. The van der Waals surface area contributed by atoms with Crippen LogP contribution in [0.15, 0.2) is 0 Å². The minimum absolute atomic E-state index is 0. The van der Waals surface area contributed by atoms with E-state index >= 15 is 0 Å². The first-order chi connectivity index (χ1) is 26.6. The van der Waals surface area contributed by atoms with E-state index in [1.54, 1.807) is 13.8 Å². The van der Waals surface area contributed by atoms with Gasteiger partial charge < -0.3 is 42.4 Å². The number of hydrogen-bond donors (Lipinski definition) is 0. The van der Waals surface area contributed by atoms with E-state index in [1.165, 1.54) is 89.9 Å². The van der Waals surface area contributed by atoms with E-state index in [2.05, 4.69) is 18.6 Å². The summed E-state index contributed by atoms with van der Waals surface area (Å²) in [4.78, 5) is 61.3. The third-order valence-corrected chi connectivity index (χ3v) is 9.64. The Labute approximate surface area is 359 Å². The first kappa shape index (κ1) is 56.7. The minimum atomic E-state index is -5.08. The van der Waals surface area contributed by atoms with Crippen LogP contribution in [0, 0.1) is 0 Å². The van der Waals surface area contributed by atoms with Crippen LogP contribution in [0.2, 0.25) is 0 Å². The number of unbranched alkanes of at least 4 members (excludes halogenated alkanes) is 20. The van der Waals surface area contributed by atoms with E-state index in [0.717, 1.165) is 38.5 Å².